The Labute approximate surface area is 359 Å². The first-order valence-electron chi connectivity index (χ1n) is 19.9. The summed E-state index contributed by atoms with van der Waals surface area (Å²) in [5, 5.41) is 38.0. The number of fused-ring (bicyclic) bond motifs is 1. The number of nitrogens with zero attached hydrogens (tertiary/aromatic N) is 4. The molecule has 0 unspecified atom stereocenters. The van der Waals surface area contributed by atoms with E-state index in [0.717, 1.165) is 17.1 Å². The van der Waals surface area contributed by atoms with E-state index in [2.05, 4.69) is 51.8 Å². The minimum absolute atomic E-state index is 0.139. The summed E-state index contributed by atoms with van der Waals surface area (Å²) in [7, 11) is 0. The van der Waals surface area contributed by atoms with Crippen LogP contribution < -0.4 is 31.9 Å². The number of aromatic amines is 1. The van der Waals surface area contributed by atoms with E-state index in [4.69, 9.17) is 9.47 Å². The van der Waals surface area contributed by atoms with E-state index in [1.54, 1.807) is 57.2 Å². The number of hydrogen-bond donors (Lipinski definition) is 9. The maximum atomic E-state index is 13.3. The van der Waals surface area contributed by atoms with Crippen LogP contribution in [0.3, 0.4) is 0 Å². The van der Waals surface area contributed by atoms with Gasteiger partial charge in [0, 0.05) is 42.1 Å². The molecule has 63 heavy (non-hydrogen) atoms. The molecule has 2 aliphatic rings. The van der Waals surface area contributed by atoms with Gasteiger partial charge in [-0.25, -0.2) is 19.7 Å². The van der Waals surface area contributed by atoms with Crippen LogP contribution in [0.15, 0.2) is 73.3 Å². The molecule has 22 nitrogen and oxygen atoms in total. The van der Waals surface area contributed by atoms with Crippen LogP contribution in [0.2, 0.25) is 0 Å². The molecule has 0 saturated carbocycles. The van der Waals surface area contributed by atoms with E-state index >= 15 is 0 Å². The molecule has 9 N–H and O–H groups in total. The zero-order valence-corrected chi connectivity index (χ0v) is 34.5. The zero-order valence-electron chi connectivity index (χ0n) is 34.5. The number of benzene rings is 2. The van der Waals surface area contributed by atoms with Crippen molar-refractivity contribution in [3.63, 3.8) is 0 Å². The van der Waals surface area contributed by atoms with Crippen molar-refractivity contribution in [3.05, 3.63) is 84.5 Å². The van der Waals surface area contributed by atoms with Crippen molar-refractivity contribution in [1.29, 1.82) is 0 Å². The highest BCUT2D eigenvalue weighted by atomic mass is 16.5. The highest BCUT2D eigenvalue weighted by Gasteiger charge is 2.44. The molecule has 7 atom stereocenters. The highest BCUT2D eigenvalue weighted by Crippen LogP contribution is 2.25. The third-order valence-corrected chi connectivity index (χ3v) is 10.1. The standard InChI is InChI=1S/C41H47N11O11/c1-20(2)30(49-27(53)14-15-52-28(54)12-13-29(52)55)39(60)46-21(3)37(58)47-25-10-8-23(9-11-25)17-62-41(61)48-26-7-5-6-24(16-26)38(59)50-31-22(4)63-40(34(57)33(31)56)51-36-32-35(43-18-42-32)44-19-45-36/h5-13,16,18-22,30-31,33-34,40,56-57H,14-15,17H2,1-4H3,(H,46,60)(H,47,58)(H,48,61)(H,49,53)(H,50,59)(H2,42,43,44,45,51)/t21-,22-,30-,31-,33+,34-,40-/m0/s1. The fourth-order valence-electron chi connectivity index (χ4n) is 6.62. The lowest BCUT2D eigenvalue weighted by Gasteiger charge is -2.42. The lowest BCUT2D eigenvalue weighted by Crippen LogP contribution is -2.64. The van der Waals surface area contributed by atoms with Crippen LogP contribution in [0, 0.1) is 5.92 Å². The van der Waals surface area contributed by atoms with Crippen LogP contribution in [0.5, 0.6) is 0 Å². The minimum Gasteiger partial charge on any atom is -0.444 e. The van der Waals surface area contributed by atoms with Gasteiger partial charge in [-0.15, -0.1) is 0 Å². The first-order valence-corrected chi connectivity index (χ1v) is 19.9. The first-order chi connectivity index (χ1) is 30.1. The summed E-state index contributed by atoms with van der Waals surface area (Å²) in [6.45, 7) is 6.26. The number of amides is 7. The van der Waals surface area contributed by atoms with Crippen molar-refractivity contribution in [2.45, 2.75) is 83.4 Å². The van der Waals surface area contributed by atoms with Crippen molar-refractivity contribution < 1.29 is 53.2 Å². The molecular weight excluding hydrogens is 823 g/mol. The first kappa shape index (κ1) is 45.2. The van der Waals surface area contributed by atoms with Gasteiger partial charge in [0.15, 0.2) is 17.7 Å². The number of aromatic nitrogens is 4. The summed E-state index contributed by atoms with van der Waals surface area (Å²) in [6, 6.07) is 9.41. The second-order valence-electron chi connectivity index (χ2n) is 15.1. The van der Waals surface area contributed by atoms with Crippen LogP contribution in [0.1, 0.15) is 50.0 Å². The van der Waals surface area contributed by atoms with Crippen molar-refractivity contribution in [2.75, 3.05) is 22.5 Å². The Hall–Kier alpha value is -7.30. The Morgan fingerprint density at radius 1 is 0.889 bits per heavy atom. The van der Waals surface area contributed by atoms with Crippen molar-refractivity contribution in [2.24, 2.45) is 5.92 Å². The maximum absolute atomic E-state index is 13.3. The second-order valence-corrected chi connectivity index (χ2v) is 15.1. The summed E-state index contributed by atoms with van der Waals surface area (Å²) < 4.78 is 11.3. The highest BCUT2D eigenvalue weighted by molar-refractivity contribution is 6.13. The van der Waals surface area contributed by atoms with Crippen LogP contribution in [-0.2, 0) is 40.1 Å². The SMILES string of the molecule is CC(C)[C@H](NC(=O)CCN1C(=O)C=CC1=O)C(=O)N[C@@H](C)C(=O)Nc1ccc(COC(=O)Nc2cccc(C(=O)N[C@@H]3[C@@H](O)[C@H](O)[C@@H](Nc4ncnc5nc[nH]c45)O[C@H]3C)c2)cc1. The van der Waals surface area contributed by atoms with E-state index in [-0.39, 0.29) is 36.7 Å². The molecule has 22 heteroatoms. The number of nitrogens with one attached hydrogen (secondary N) is 7. The summed E-state index contributed by atoms with van der Waals surface area (Å²) in [5.41, 5.74) is 2.23. The average Bonchev–Trinajstić information content (AvgIpc) is 3.87. The Morgan fingerprint density at radius 3 is 2.33 bits per heavy atom. The molecule has 1 saturated heterocycles. The van der Waals surface area contributed by atoms with E-state index in [1.165, 1.54) is 31.7 Å². The van der Waals surface area contributed by atoms with Crippen LogP contribution >= 0.6 is 0 Å². The second kappa shape index (κ2) is 20.0. The van der Waals surface area contributed by atoms with Crippen molar-refractivity contribution >= 4 is 69.9 Å². The molecule has 7 amide bonds. The fourth-order valence-corrected chi connectivity index (χ4v) is 6.62. The van der Waals surface area contributed by atoms with Crippen LogP contribution in [-0.4, -0.2) is 126 Å². The minimum atomic E-state index is -1.46. The third-order valence-electron chi connectivity index (χ3n) is 10.1. The number of anilines is 3. The lowest BCUT2D eigenvalue weighted by atomic mass is 9.95. The molecule has 0 aliphatic carbocycles. The largest absolute Gasteiger partial charge is 0.444 e. The number of hydrogen-bond acceptors (Lipinski definition) is 15. The van der Waals surface area contributed by atoms with Gasteiger partial charge in [-0.3, -0.25) is 39.0 Å². The molecule has 4 aromatic rings. The van der Waals surface area contributed by atoms with Crippen molar-refractivity contribution in [3.8, 4) is 0 Å². The molecule has 4 heterocycles. The molecule has 0 spiro atoms. The topological polar surface area (TPSA) is 308 Å². The van der Waals surface area contributed by atoms with Gasteiger partial charge in [0.2, 0.25) is 17.7 Å². The van der Waals surface area contributed by atoms with Crippen LogP contribution in [0.25, 0.3) is 11.2 Å². The summed E-state index contributed by atoms with van der Waals surface area (Å²) >= 11 is 0. The van der Waals surface area contributed by atoms with E-state index in [9.17, 15) is 43.8 Å². The molecule has 332 valence electrons. The van der Waals surface area contributed by atoms with E-state index in [0.29, 0.717) is 28.2 Å². The van der Waals surface area contributed by atoms with E-state index in [1.807, 2.05) is 0 Å². The smallest absolute Gasteiger partial charge is 0.411 e. The number of imide groups is 1. The number of rotatable bonds is 16. The predicted octanol–water partition coefficient (Wildman–Crippen LogP) is 0.678. The Balaban J connectivity index is 0.927. The Morgan fingerprint density at radius 2 is 1.62 bits per heavy atom. The fraction of sp³-hybridized carbons (Fsp3) is 0.366. The quantitative estimate of drug-likeness (QED) is 0.0700. The molecule has 2 aliphatic heterocycles. The van der Waals surface area contributed by atoms with Crippen LogP contribution in [0.4, 0.5) is 22.0 Å². The molecule has 6 rings (SSSR count). The number of ether oxygens (including phenoxy) is 2. The molecule has 2 aromatic carbocycles. The maximum Gasteiger partial charge on any atom is 0.411 e. The van der Waals surface area contributed by atoms with Gasteiger partial charge in [0.25, 0.3) is 17.7 Å². The Kier molecular flexibility index (Phi) is 14.4. The lowest BCUT2D eigenvalue weighted by molar-refractivity contribution is -0.167. The van der Waals surface area contributed by atoms with Gasteiger partial charge in [-0.05, 0) is 55.7 Å². The van der Waals surface area contributed by atoms with Gasteiger partial charge in [0.05, 0.1) is 18.5 Å². The third kappa shape index (κ3) is 11.3. The number of carbonyl (C=O) groups is 7. The van der Waals surface area contributed by atoms with Gasteiger partial charge < -0.3 is 51.3 Å². The molecular formula is C41H47N11O11. The number of imidazole rings is 1. The van der Waals surface area contributed by atoms with Gasteiger partial charge in [-0.1, -0.05) is 32.0 Å². The molecule has 0 bridgehead atoms. The summed E-state index contributed by atoms with van der Waals surface area (Å²) in [4.78, 5) is 104. The number of carbonyl (C=O) groups excluding carboxylic acids is 7. The number of aliphatic hydroxyl groups is 2. The van der Waals surface area contributed by atoms with Gasteiger partial charge >= 0.3 is 6.09 Å². The molecule has 1 fully saturated rings. The summed E-state index contributed by atoms with van der Waals surface area (Å²) in [6.07, 6.45) is -0.788. The van der Waals surface area contributed by atoms with Gasteiger partial charge in [-0.2, -0.15) is 0 Å². The molecule has 2 aromatic heterocycles. The average molecular weight is 870 g/mol. The number of aliphatic hydroxyl groups excluding tert-OH is 2. The normalized spacial score (nSPS) is 20.5. The Bertz CT molecular complexity index is 2370. The van der Waals surface area contributed by atoms with E-state index < -0.39 is 84.2 Å². The monoisotopic (exact) mass is 869 g/mol. The van der Waals surface area contributed by atoms with Gasteiger partial charge in [0.1, 0.15) is 42.7 Å². The van der Waals surface area contributed by atoms with Crippen molar-refractivity contribution in [1.82, 2.24) is 40.8 Å². The molecule has 0 radical (unpaired) electrons. The predicted molar refractivity (Wildman–Crippen MR) is 223 cm³/mol. The zero-order chi connectivity index (χ0) is 45.4. The number of H-pyrrole nitrogens is 1. The summed E-state index contributed by atoms with van der Waals surface area (Å²) in [5.74, 6) is -3.36.